The first-order valence-corrected chi connectivity index (χ1v) is 10.5. The van der Waals surface area contributed by atoms with Gasteiger partial charge in [-0.25, -0.2) is 9.69 Å². The Morgan fingerprint density at radius 3 is 2.44 bits per heavy atom. The number of halogens is 1. The number of carbonyl (C=O) groups excluding carboxylic acids is 3. The second-order valence-corrected chi connectivity index (χ2v) is 7.25. The van der Waals surface area contributed by atoms with Crippen LogP contribution in [0.4, 0.5) is 10.5 Å². The molecular weight excluding hydrogens is 432 g/mol. The third-order valence-electron chi connectivity index (χ3n) is 4.69. The van der Waals surface area contributed by atoms with Crippen LogP contribution in [0.3, 0.4) is 0 Å². The third kappa shape index (κ3) is 4.84. The zero-order valence-corrected chi connectivity index (χ0v) is 18.6. The summed E-state index contributed by atoms with van der Waals surface area (Å²) in [5.41, 5.74) is 1.66. The Labute approximate surface area is 191 Å². The van der Waals surface area contributed by atoms with Crippen molar-refractivity contribution in [1.29, 1.82) is 0 Å². The first-order valence-electron chi connectivity index (χ1n) is 10.1. The number of ether oxygens (including phenoxy) is 2. The Morgan fingerprint density at radius 2 is 1.81 bits per heavy atom. The van der Waals surface area contributed by atoms with E-state index in [9.17, 15) is 14.4 Å². The van der Waals surface area contributed by atoms with Crippen LogP contribution in [0, 0.1) is 0 Å². The summed E-state index contributed by atoms with van der Waals surface area (Å²) < 4.78 is 11.2. The van der Waals surface area contributed by atoms with Crippen molar-refractivity contribution in [1.82, 2.24) is 5.32 Å². The van der Waals surface area contributed by atoms with Gasteiger partial charge in [-0.2, -0.15) is 0 Å². The normalized spacial score (nSPS) is 15.0. The lowest BCUT2D eigenvalue weighted by Crippen LogP contribution is -2.54. The summed E-state index contributed by atoms with van der Waals surface area (Å²) in [6, 6.07) is 9.34. The molecule has 0 spiro atoms. The molecule has 0 radical (unpaired) electrons. The molecule has 1 aliphatic rings. The van der Waals surface area contributed by atoms with E-state index in [4.69, 9.17) is 21.1 Å². The number of anilines is 1. The number of carbonyl (C=O) groups is 3. The van der Waals surface area contributed by atoms with E-state index in [1.54, 1.807) is 30.3 Å². The molecule has 1 fully saturated rings. The highest BCUT2D eigenvalue weighted by molar-refractivity contribution is 6.39. The maximum absolute atomic E-state index is 13.1. The Kier molecular flexibility index (Phi) is 7.33. The lowest BCUT2D eigenvalue weighted by molar-refractivity contribution is -0.122. The van der Waals surface area contributed by atoms with Crippen molar-refractivity contribution >= 4 is 41.2 Å². The molecule has 32 heavy (non-hydrogen) atoms. The van der Waals surface area contributed by atoms with Gasteiger partial charge in [-0.15, -0.1) is 0 Å². The number of aryl methyl sites for hydroxylation is 1. The fourth-order valence-electron chi connectivity index (χ4n) is 3.16. The van der Waals surface area contributed by atoms with Crippen LogP contribution >= 0.6 is 11.6 Å². The molecule has 0 atom stereocenters. The summed E-state index contributed by atoms with van der Waals surface area (Å²) in [5.74, 6) is -0.824. The monoisotopic (exact) mass is 454 g/mol. The smallest absolute Gasteiger partial charge is 0.335 e. The van der Waals surface area contributed by atoms with Gasteiger partial charge in [-0.05, 0) is 54.8 Å². The lowest BCUT2D eigenvalue weighted by Gasteiger charge is -2.26. The van der Waals surface area contributed by atoms with Gasteiger partial charge in [-0.1, -0.05) is 43.3 Å². The first-order chi connectivity index (χ1) is 15.4. The molecule has 1 heterocycles. The largest absolute Gasteiger partial charge is 0.490 e. The average Bonchev–Trinajstić information content (AvgIpc) is 2.76. The zero-order valence-electron chi connectivity index (χ0n) is 17.8. The average molecular weight is 455 g/mol. The minimum Gasteiger partial charge on any atom is -0.490 e. The van der Waals surface area contributed by atoms with Crippen LogP contribution in [-0.2, 0) is 16.0 Å². The summed E-state index contributed by atoms with van der Waals surface area (Å²) in [6.45, 7) is 8.01. The van der Waals surface area contributed by atoms with E-state index < -0.39 is 17.8 Å². The number of benzene rings is 2. The molecule has 0 saturated carbocycles. The van der Waals surface area contributed by atoms with E-state index in [0.717, 1.165) is 16.9 Å². The van der Waals surface area contributed by atoms with Gasteiger partial charge in [0.2, 0.25) is 0 Å². The topological polar surface area (TPSA) is 84.9 Å². The Hall–Kier alpha value is -3.58. The predicted octanol–water partition coefficient (Wildman–Crippen LogP) is 4.53. The summed E-state index contributed by atoms with van der Waals surface area (Å²) in [5, 5.41) is 2.46. The van der Waals surface area contributed by atoms with Crippen molar-refractivity contribution in [3.05, 3.63) is 70.8 Å². The predicted molar refractivity (Wildman–Crippen MR) is 123 cm³/mol. The minimum absolute atomic E-state index is 0.206. The number of nitrogens with one attached hydrogen (secondary N) is 1. The summed E-state index contributed by atoms with van der Waals surface area (Å²) in [6.07, 6.45) is 3.76. The second kappa shape index (κ2) is 10.2. The Balaban J connectivity index is 2.00. The highest BCUT2D eigenvalue weighted by atomic mass is 35.5. The molecule has 7 nitrogen and oxygen atoms in total. The van der Waals surface area contributed by atoms with Crippen LogP contribution < -0.4 is 19.7 Å². The van der Waals surface area contributed by atoms with Crippen molar-refractivity contribution in [2.24, 2.45) is 0 Å². The highest BCUT2D eigenvalue weighted by Crippen LogP contribution is 2.37. The number of nitrogens with zero attached hydrogens (tertiary/aromatic N) is 1. The van der Waals surface area contributed by atoms with Crippen LogP contribution in [0.2, 0.25) is 5.02 Å². The van der Waals surface area contributed by atoms with Gasteiger partial charge in [0.05, 0.1) is 17.3 Å². The Bertz CT molecular complexity index is 1090. The van der Waals surface area contributed by atoms with Crippen molar-refractivity contribution in [3.8, 4) is 11.5 Å². The maximum atomic E-state index is 13.1. The molecule has 1 saturated heterocycles. The molecule has 2 aromatic rings. The summed E-state index contributed by atoms with van der Waals surface area (Å²) in [4.78, 5) is 38.9. The second-order valence-electron chi connectivity index (χ2n) is 6.84. The van der Waals surface area contributed by atoms with Gasteiger partial charge < -0.3 is 9.47 Å². The number of amides is 4. The van der Waals surface area contributed by atoms with E-state index in [-0.39, 0.29) is 17.2 Å². The van der Waals surface area contributed by atoms with E-state index in [1.165, 1.54) is 6.08 Å². The molecular formula is C24H23ClN2O5. The fourth-order valence-corrected chi connectivity index (χ4v) is 3.43. The van der Waals surface area contributed by atoms with Gasteiger partial charge in [-0.3, -0.25) is 14.9 Å². The van der Waals surface area contributed by atoms with Crippen molar-refractivity contribution in [3.63, 3.8) is 0 Å². The van der Waals surface area contributed by atoms with E-state index in [1.807, 2.05) is 26.0 Å². The fraction of sp³-hybridized carbons (Fsp3) is 0.208. The number of hydrogen-bond acceptors (Lipinski definition) is 5. The number of rotatable bonds is 8. The number of barbiturate groups is 1. The molecule has 8 heteroatoms. The van der Waals surface area contributed by atoms with Gasteiger partial charge in [0, 0.05) is 0 Å². The lowest BCUT2D eigenvalue weighted by atomic mass is 10.1. The maximum Gasteiger partial charge on any atom is 0.335 e. The number of urea groups is 1. The van der Waals surface area contributed by atoms with Gasteiger partial charge in [0.25, 0.3) is 11.8 Å². The number of hydrogen-bond donors (Lipinski definition) is 1. The Morgan fingerprint density at radius 1 is 1.09 bits per heavy atom. The van der Waals surface area contributed by atoms with Crippen LogP contribution in [-0.4, -0.2) is 31.1 Å². The molecule has 1 N–H and O–H groups in total. The molecule has 0 unspecified atom stereocenters. The quantitative estimate of drug-likeness (QED) is 0.360. The molecule has 3 rings (SSSR count). The summed E-state index contributed by atoms with van der Waals surface area (Å²) in [7, 11) is 0. The zero-order chi connectivity index (χ0) is 23.3. The molecule has 166 valence electrons. The van der Waals surface area contributed by atoms with Crippen molar-refractivity contribution in [2.75, 3.05) is 18.1 Å². The van der Waals surface area contributed by atoms with E-state index in [0.29, 0.717) is 29.4 Å². The van der Waals surface area contributed by atoms with Crippen LogP contribution in [0.15, 0.2) is 54.6 Å². The van der Waals surface area contributed by atoms with E-state index in [2.05, 4.69) is 11.9 Å². The van der Waals surface area contributed by atoms with Crippen molar-refractivity contribution in [2.45, 2.75) is 20.3 Å². The molecule has 0 bridgehead atoms. The van der Waals surface area contributed by atoms with Crippen LogP contribution in [0.1, 0.15) is 25.0 Å². The third-order valence-corrected chi connectivity index (χ3v) is 4.97. The van der Waals surface area contributed by atoms with Gasteiger partial charge in [0.1, 0.15) is 12.2 Å². The van der Waals surface area contributed by atoms with Crippen molar-refractivity contribution < 1.29 is 23.9 Å². The first kappa shape index (κ1) is 23.1. The molecule has 0 aliphatic carbocycles. The van der Waals surface area contributed by atoms with Gasteiger partial charge >= 0.3 is 6.03 Å². The molecule has 2 aromatic carbocycles. The standard InChI is InChI=1S/C24H23ClN2O5/c1-4-11-32-21-19(25)13-16(14-20(21)31-6-3)12-18-22(28)26-24(30)27(23(18)29)17-9-7-15(5-2)8-10-17/h4,7-10,12-14H,1,5-6,11H2,2-3H3,(H,26,28,30)/b18-12-. The van der Waals surface area contributed by atoms with Gasteiger partial charge in [0.15, 0.2) is 11.5 Å². The minimum atomic E-state index is -0.803. The molecule has 4 amide bonds. The highest BCUT2D eigenvalue weighted by Gasteiger charge is 2.36. The number of imide groups is 2. The molecule has 1 aliphatic heterocycles. The molecule has 0 aromatic heterocycles. The van der Waals surface area contributed by atoms with Crippen LogP contribution in [0.25, 0.3) is 6.08 Å². The van der Waals surface area contributed by atoms with Crippen LogP contribution in [0.5, 0.6) is 11.5 Å². The van der Waals surface area contributed by atoms with E-state index >= 15 is 0 Å². The summed E-state index contributed by atoms with van der Waals surface area (Å²) >= 11 is 6.35. The SMILES string of the molecule is C=CCOc1c(Cl)cc(/C=C2/C(=O)NC(=O)N(c3ccc(CC)cc3)C2=O)cc1OCC.